The minimum Gasteiger partial charge on any atom is -0.352 e. The Kier molecular flexibility index (Phi) is 4.19. The predicted octanol–water partition coefficient (Wildman–Crippen LogP) is 0.242. The van der Waals surface area contributed by atoms with E-state index >= 15 is 0 Å². The summed E-state index contributed by atoms with van der Waals surface area (Å²) in [6.07, 6.45) is 8.27. The van der Waals surface area contributed by atoms with E-state index in [9.17, 15) is 9.59 Å². The number of rotatable bonds is 8. The van der Waals surface area contributed by atoms with Crippen molar-refractivity contribution in [1.29, 1.82) is 0 Å². The van der Waals surface area contributed by atoms with Crippen molar-refractivity contribution in [3.05, 3.63) is 12.4 Å². The Morgan fingerprint density at radius 2 is 1.95 bits per heavy atom. The van der Waals surface area contributed by atoms with Gasteiger partial charge in [-0.15, -0.1) is 0 Å². The van der Waals surface area contributed by atoms with Crippen molar-refractivity contribution in [3.63, 3.8) is 0 Å². The SMILES string of the molecule is O=C(CCNC1CC1)Nc1cnn(CC(=O)NC2CC2)c1. The molecule has 0 unspecified atom stereocenters. The molecular weight excluding hydrogens is 270 g/mol. The maximum atomic E-state index is 11.7. The summed E-state index contributed by atoms with van der Waals surface area (Å²) in [5, 5.41) is 13.1. The van der Waals surface area contributed by atoms with Crippen LogP contribution in [0.25, 0.3) is 0 Å². The van der Waals surface area contributed by atoms with Crippen LogP contribution in [0.1, 0.15) is 32.1 Å². The lowest BCUT2D eigenvalue weighted by Gasteiger charge is -2.04. The van der Waals surface area contributed by atoms with Gasteiger partial charge in [0.15, 0.2) is 0 Å². The third-order valence-corrected chi connectivity index (χ3v) is 3.53. The zero-order chi connectivity index (χ0) is 14.7. The molecule has 0 spiro atoms. The maximum Gasteiger partial charge on any atom is 0.241 e. The molecule has 0 aliphatic heterocycles. The van der Waals surface area contributed by atoms with Gasteiger partial charge in [-0.3, -0.25) is 14.3 Å². The first-order valence-corrected chi connectivity index (χ1v) is 7.54. The summed E-state index contributed by atoms with van der Waals surface area (Å²) in [4.78, 5) is 23.4. The number of carbonyl (C=O) groups excluding carboxylic acids is 2. The molecule has 1 aromatic heterocycles. The molecule has 1 aromatic rings. The lowest BCUT2D eigenvalue weighted by Crippen LogP contribution is -2.29. The van der Waals surface area contributed by atoms with E-state index in [1.54, 1.807) is 12.4 Å². The van der Waals surface area contributed by atoms with Gasteiger partial charge in [0.05, 0.1) is 11.9 Å². The quantitative estimate of drug-likeness (QED) is 0.640. The molecule has 7 heteroatoms. The van der Waals surface area contributed by atoms with Crippen LogP contribution < -0.4 is 16.0 Å². The summed E-state index contributed by atoms with van der Waals surface area (Å²) in [7, 11) is 0. The summed E-state index contributed by atoms with van der Waals surface area (Å²) in [5.41, 5.74) is 0.630. The van der Waals surface area contributed by atoms with E-state index in [0.717, 1.165) is 12.8 Å². The summed E-state index contributed by atoms with van der Waals surface area (Å²) in [6.45, 7) is 0.893. The van der Waals surface area contributed by atoms with E-state index in [-0.39, 0.29) is 18.4 Å². The molecule has 3 N–H and O–H groups in total. The zero-order valence-corrected chi connectivity index (χ0v) is 12.0. The molecule has 2 fully saturated rings. The van der Waals surface area contributed by atoms with Crippen LogP contribution in [0.15, 0.2) is 12.4 Å². The molecule has 3 rings (SSSR count). The molecule has 2 aliphatic carbocycles. The second kappa shape index (κ2) is 6.26. The molecule has 2 aliphatic rings. The number of hydrogen-bond acceptors (Lipinski definition) is 4. The minimum atomic E-state index is -0.0369. The molecule has 114 valence electrons. The highest BCUT2D eigenvalue weighted by atomic mass is 16.2. The predicted molar refractivity (Wildman–Crippen MR) is 77.7 cm³/mol. The minimum absolute atomic E-state index is 0.0351. The van der Waals surface area contributed by atoms with Gasteiger partial charge < -0.3 is 16.0 Å². The number of carbonyl (C=O) groups is 2. The summed E-state index contributed by atoms with van der Waals surface area (Å²) < 4.78 is 1.54. The third kappa shape index (κ3) is 4.86. The molecule has 1 heterocycles. The highest BCUT2D eigenvalue weighted by Gasteiger charge is 2.23. The van der Waals surface area contributed by atoms with E-state index in [1.165, 1.54) is 17.5 Å². The molecule has 2 amide bonds. The standard InChI is InChI=1S/C14H21N5O2/c20-13(5-6-15-10-1-2-10)18-12-7-16-19(8-12)9-14(21)17-11-3-4-11/h7-8,10-11,15H,1-6,9H2,(H,17,21)(H,18,20). The van der Waals surface area contributed by atoms with Gasteiger partial charge in [-0.1, -0.05) is 0 Å². The Bertz CT molecular complexity index is 519. The van der Waals surface area contributed by atoms with Gasteiger partial charge in [0.25, 0.3) is 0 Å². The third-order valence-electron chi connectivity index (χ3n) is 3.53. The Morgan fingerprint density at radius 3 is 2.67 bits per heavy atom. The Labute approximate surface area is 123 Å². The van der Waals surface area contributed by atoms with Crippen molar-refractivity contribution < 1.29 is 9.59 Å². The fourth-order valence-electron chi connectivity index (χ4n) is 2.06. The van der Waals surface area contributed by atoms with Crippen molar-refractivity contribution in [2.24, 2.45) is 0 Å². The number of hydrogen-bond donors (Lipinski definition) is 3. The highest BCUT2D eigenvalue weighted by Crippen LogP contribution is 2.19. The van der Waals surface area contributed by atoms with Crippen molar-refractivity contribution in [3.8, 4) is 0 Å². The van der Waals surface area contributed by atoms with Gasteiger partial charge in [-0.25, -0.2) is 0 Å². The first kappa shape index (κ1) is 14.1. The normalized spacial score (nSPS) is 17.5. The van der Waals surface area contributed by atoms with E-state index in [1.807, 2.05) is 0 Å². The molecular formula is C14H21N5O2. The van der Waals surface area contributed by atoms with Crippen molar-refractivity contribution in [2.75, 3.05) is 11.9 Å². The van der Waals surface area contributed by atoms with Crippen molar-refractivity contribution in [2.45, 2.75) is 50.7 Å². The van der Waals surface area contributed by atoms with E-state index < -0.39 is 0 Å². The van der Waals surface area contributed by atoms with Crippen molar-refractivity contribution in [1.82, 2.24) is 20.4 Å². The second-order valence-electron chi connectivity index (χ2n) is 5.79. The number of nitrogens with zero attached hydrogens (tertiary/aromatic N) is 2. The van der Waals surface area contributed by atoms with Crippen LogP contribution in [-0.4, -0.2) is 40.2 Å². The second-order valence-corrected chi connectivity index (χ2v) is 5.79. The molecule has 0 aromatic carbocycles. The first-order chi connectivity index (χ1) is 10.2. The van der Waals surface area contributed by atoms with Gasteiger partial charge in [-0.05, 0) is 25.7 Å². The summed E-state index contributed by atoms with van der Waals surface area (Å²) in [6, 6.07) is 0.969. The Morgan fingerprint density at radius 1 is 1.19 bits per heavy atom. The number of anilines is 1. The largest absolute Gasteiger partial charge is 0.352 e. The number of aromatic nitrogens is 2. The van der Waals surface area contributed by atoms with Gasteiger partial charge in [0, 0.05) is 31.2 Å². The summed E-state index contributed by atoms with van der Waals surface area (Å²) in [5.74, 6) is -0.0720. The Hall–Kier alpha value is -1.89. The van der Waals surface area contributed by atoms with E-state index in [2.05, 4.69) is 21.0 Å². The first-order valence-electron chi connectivity index (χ1n) is 7.54. The summed E-state index contributed by atoms with van der Waals surface area (Å²) >= 11 is 0. The lowest BCUT2D eigenvalue weighted by molar-refractivity contribution is -0.122. The van der Waals surface area contributed by atoms with Crippen LogP contribution in [-0.2, 0) is 16.1 Å². The Balaban J connectivity index is 1.38. The van der Waals surface area contributed by atoms with Crippen molar-refractivity contribution >= 4 is 17.5 Å². The molecule has 7 nitrogen and oxygen atoms in total. The monoisotopic (exact) mass is 291 g/mol. The van der Waals surface area contributed by atoms with Gasteiger partial charge in [0.1, 0.15) is 6.54 Å². The maximum absolute atomic E-state index is 11.7. The average molecular weight is 291 g/mol. The lowest BCUT2D eigenvalue weighted by atomic mass is 10.4. The fourth-order valence-corrected chi connectivity index (χ4v) is 2.06. The fraction of sp³-hybridized carbons (Fsp3) is 0.643. The van der Waals surface area contributed by atoms with Crippen LogP contribution in [0.5, 0.6) is 0 Å². The van der Waals surface area contributed by atoms with Crippen LogP contribution in [0.4, 0.5) is 5.69 Å². The van der Waals surface area contributed by atoms with Gasteiger partial charge in [-0.2, -0.15) is 5.10 Å². The van der Waals surface area contributed by atoms with E-state index in [0.29, 0.717) is 30.7 Å². The van der Waals surface area contributed by atoms with Crippen LogP contribution in [0.2, 0.25) is 0 Å². The van der Waals surface area contributed by atoms with E-state index in [4.69, 9.17) is 0 Å². The number of nitrogens with one attached hydrogen (secondary N) is 3. The smallest absolute Gasteiger partial charge is 0.241 e. The molecule has 0 radical (unpaired) electrons. The van der Waals surface area contributed by atoms with Crippen LogP contribution in [0.3, 0.4) is 0 Å². The molecule has 0 atom stereocenters. The molecule has 2 saturated carbocycles. The molecule has 21 heavy (non-hydrogen) atoms. The van der Waals surface area contributed by atoms with Gasteiger partial charge in [0.2, 0.25) is 11.8 Å². The van der Waals surface area contributed by atoms with Crippen LogP contribution >= 0.6 is 0 Å². The average Bonchev–Trinajstić information content (AvgIpc) is 3.33. The molecule has 0 saturated heterocycles. The highest BCUT2D eigenvalue weighted by molar-refractivity contribution is 5.90. The zero-order valence-electron chi connectivity index (χ0n) is 12.0. The number of amides is 2. The topological polar surface area (TPSA) is 88.1 Å². The van der Waals surface area contributed by atoms with Crippen LogP contribution in [0, 0.1) is 0 Å². The molecule has 0 bridgehead atoms. The van der Waals surface area contributed by atoms with Gasteiger partial charge >= 0.3 is 0 Å².